The van der Waals surface area contributed by atoms with E-state index >= 15 is 0 Å². The molecule has 2 saturated carbocycles. The van der Waals surface area contributed by atoms with E-state index in [9.17, 15) is 5.11 Å². The maximum absolute atomic E-state index is 10.6. The molecule has 98 valence electrons. The molecular formula is C14H25NO2. The second-order valence-electron chi connectivity index (χ2n) is 6.59. The average molecular weight is 239 g/mol. The molecule has 3 fully saturated rings. The summed E-state index contributed by atoms with van der Waals surface area (Å²) in [6.07, 6.45) is 8.36. The SMILES string of the molecule is CC(O)(CNC1CC1)C1CCOC2(CCC2)C1. The fraction of sp³-hybridized carbons (Fsp3) is 1.00. The highest BCUT2D eigenvalue weighted by atomic mass is 16.5. The average Bonchev–Trinajstić information content (AvgIpc) is 3.08. The van der Waals surface area contributed by atoms with Crippen LogP contribution in [-0.4, -0.2) is 35.5 Å². The van der Waals surface area contributed by atoms with E-state index in [2.05, 4.69) is 5.32 Å². The Morgan fingerprint density at radius 2 is 2.12 bits per heavy atom. The molecule has 2 N–H and O–H groups in total. The minimum absolute atomic E-state index is 0.145. The first kappa shape index (κ1) is 11.9. The number of aliphatic hydroxyl groups is 1. The van der Waals surface area contributed by atoms with Crippen LogP contribution in [0, 0.1) is 5.92 Å². The first-order valence-corrected chi connectivity index (χ1v) is 7.19. The summed E-state index contributed by atoms with van der Waals surface area (Å²) in [7, 11) is 0. The van der Waals surface area contributed by atoms with Gasteiger partial charge < -0.3 is 15.2 Å². The number of hydrogen-bond donors (Lipinski definition) is 2. The second kappa shape index (κ2) is 4.22. The Morgan fingerprint density at radius 1 is 1.35 bits per heavy atom. The van der Waals surface area contributed by atoms with Crippen LogP contribution in [0.2, 0.25) is 0 Å². The summed E-state index contributed by atoms with van der Waals surface area (Å²) in [6, 6.07) is 0.680. The van der Waals surface area contributed by atoms with Gasteiger partial charge in [0.15, 0.2) is 0 Å². The van der Waals surface area contributed by atoms with E-state index < -0.39 is 5.60 Å². The van der Waals surface area contributed by atoms with Crippen molar-refractivity contribution >= 4 is 0 Å². The zero-order chi connectivity index (χ0) is 11.9. The molecule has 3 aliphatic rings. The molecule has 2 aliphatic carbocycles. The van der Waals surface area contributed by atoms with Gasteiger partial charge in [0.1, 0.15) is 0 Å². The molecule has 0 radical (unpaired) electrons. The summed E-state index contributed by atoms with van der Waals surface area (Å²) in [4.78, 5) is 0. The second-order valence-corrected chi connectivity index (χ2v) is 6.59. The molecule has 2 unspecified atom stereocenters. The van der Waals surface area contributed by atoms with Gasteiger partial charge in [-0.2, -0.15) is 0 Å². The Labute approximate surface area is 104 Å². The molecule has 1 heterocycles. The van der Waals surface area contributed by atoms with E-state index in [0.29, 0.717) is 12.0 Å². The Hall–Kier alpha value is -0.120. The highest BCUT2D eigenvalue weighted by Gasteiger charge is 2.47. The van der Waals surface area contributed by atoms with Crippen LogP contribution in [0.5, 0.6) is 0 Å². The van der Waals surface area contributed by atoms with E-state index in [1.165, 1.54) is 32.1 Å². The molecule has 0 aromatic rings. The fourth-order valence-electron chi connectivity index (χ4n) is 3.26. The van der Waals surface area contributed by atoms with Gasteiger partial charge in [-0.1, -0.05) is 0 Å². The number of ether oxygens (including phenoxy) is 1. The van der Waals surface area contributed by atoms with Gasteiger partial charge in [0.05, 0.1) is 11.2 Å². The van der Waals surface area contributed by atoms with Crippen molar-refractivity contribution in [2.45, 2.75) is 69.1 Å². The smallest absolute Gasteiger partial charge is 0.0773 e. The van der Waals surface area contributed by atoms with Crippen LogP contribution >= 0.6 is 0 Å². The van der Waals surface area contributed by atoms with Crippen molar-refractivity contribution in [3.8, 4) is 0 Å². The number of nitrogens with one attached hydrogen (secondary N) is 1. The van der Waals surface area contributed by atoms with Gasteiger partial charge in [-0.3, -0.25) is 0 Å². The molecule has 0 aromatic heterocycles. The van der Waals surface area contributed by atoms with Crippen LogP contribution in [0.25, 0.3) is 0 Å². The molecule has 1 saturated heterocycles. The van der Waals surface area contributed by atoms with Crippen LogP contribution in [0.1, 0.15) is 51.9 Å². The summed E-state index contributed by atoms with van der Waals surface area (Å²) in [5, 5.41) is 14.1. The molecule has 3 nitrogen and oxygen atoms in total. The Morgan fingerprint density at radius 3 is 2.71 bits per heavy atom. The zero-order valence-electron chi connectivity index (χ0n) is 10.9. The topological polar surface area (TPSA) is 41.5 Å². The highest BCUT2D eigenvalue weighted by Crippen LogP contribution is 2.46. The molecule has 3 rings (SSSR count). The highest BCUT2D eigenvalue weighted by molar-refractivity contribution is 4.99. The molecule has 17 heavy (non-hydrogen) atoms. The first-order valence-electron chi connectivity index (χ1n) is 7.19. The van der Waals surface area contributed by atoms with E-state index in [0.717, 1.165) is 26.0 Å². The maximum atomic E-state index is 10.6. The third-order valence-corrected chi connectivity index (χ3v) is 4.96. The maximum Gasteiger partial charge on any atom is 0.0773 e. The van der Waals surface area contributed by atoms with E-state index in [4.69, 9.17) is 4.74 Å². The third kappa shape index (κ3) is 2.51. The van der Waals surface area contributed by atoms with E-state index in [1.807, 2.05) is 6.92 Å². The minimum atomic E-state index is -0.561. The predicted molar refractivity (Wildman–Crippen MR) is 66.9 cm³/mol. The molecule has 0 bridgehead atoms. The Balaban J connectivity index is 1.57. The van der Waals surface area contributed by atoms with Crippen molar-refractivity contribution in [3.05, 3.63) is 0 Å². The van der Waals surface area contributed by atoms with Gasteiger partial charge in [0.2, 0.25) is 0 Å². The van der Waals surface area contributed by atoms with Crippen LogP contribution in [0.3, 0.4) is 0 Å². The molecule has 1 spiro atoms. The summed E-state index contributed by atoms with van der Waals surface area (Å²) in [5.41, 5.74) is -0.415. The minimum Gasteiger partial charge on any atom is -0.389 e. The van der Waals surface area contributed by atoms with Crippen LogP contribution < -0.4 is 5.32 Å². The largest absolute Gasteiger partial charge is 0.389 e. The standard InChI is InChI=1S/C14H25NO2/c1-13(16,10-15-12-3-4-12)11-5-8-17-14(9-11)6-2-7-14/h11-12,15-16H,2-10H2,1H3. The van der Waals surface area contributed by atoms with Crippen molar-refractivity contribution in [3.63, 3.8) is 0 Å². The number of rotatable bonds is 4. The lowest BCUT2D eigenvalue weighted by atomic mass is 9.68. The first-order chi connectivity index (χ1) is 8.10. The lowest BCUT2D eigenvalue weighted by molar-refractivity contribution is -0.171. The van der Waals surface area contributed by atoms with E-state index in [-0.39, 0.29) is 5.60 Å². The molecule has 1 aliphatic heterocycles. The van der Waals surface area contributed by atoms with E-state index in [1.54, 1.807) is 0 Å². The van der Waals surface area contributed by atoms with Gasteiger partial charge in [-0.15, -0.1) is 0 Å². The van der Waals surface area contributed by atoms with Crippen LogP contribution in [-0.2, 0) is 4.74 Å². The molecule has 0 amide bonds. The van der Waals surface area contributed by atoms with Crippen LogP contribution in [0.15, 0.2) is 0 Å². The number of hydrogen-bond acceptors (Lipinski definition) is 3. The van der Waals surface area contributed by atoms with Gasteiger partial charge in [-0.25, -0.2) is 0 Å². The molecule has 2 atom stereocenters. The monoisotopic (exact) mass is 239 g/mol. The van der Waals surface area contributed by atoms with Gasteiger partial charge in [-0.05, 0) is 57.8 Å². The summed E-state index contributed by atoms with van der Waals surface area (Å²) in [6.45, 7) is 3.59. The summed E-state index contributed by atoms with van der Waals surface area (Å²) in [5.74, 6) is 0.405. The Bertz CT molecular complexity index is 282. The zero-order valence-corrected chi connectivity index (χ0v) is 10.9. The van der Waals surface area contributed by atoms with Crippen LogP contribution in [0.4, 0.5) is 0 Å². The molecule has 0 aromatic carbocycles. The van der Waals surface area contributed by atoms with Crippen molar-refractivity contribution in [1.29, 1.82) is 0 Å². The molecule has 3 heteroatoms. The van der Waals surface area contributed by atoms with Crippen molar-refractivity contribution < 1.29 is 9.84 Å². The third-order valence-electron chi connectivity index (χ3n) is 4.96. The summed E-state index contributed by atoms with van der Waals surface area (Å²) >= 11 is 0. The van der Waals surface area contributed by atoms with Crippen molar-refractivity contribution in [1.82, 2.24) is 5.32 Å². The quantitative estimate of drug-likeness (QED) is 0.786. The normalized spacial score (nSPS) is 35.3. The van der Waals surface area contributed by atoms with Gasteiger partial charge in [0, 0.05) is 19.2 Å². The summed E-state index contributed by atoms with van der Waals surface area (Å²) < 4.78 is 5.93. The van der Waals surface area contributed by atoms with Crippen molar-refractivity contribution in [2.75, 3.05) is 13.2 Å². The van der Waals surface area contributed by atoms with Gasteiger partial charge >= 0.3 is 0 Å². The van der Waals surface area contributed by atoms with Gasteiger partial charge in [0.25, 0.3) is 0 Å². The van der Waals surface area contributed by atoms with Crippen molar-refractivity contribution in [2.24, 2.45) is 5.92 Å². The fourth-order valence-corrected chi connectivity index (χ4v) is 3.26. The Kier molecular flexibility index (Phi) is 2.96. The predicted octanol–water partition coefficient (Wildman–Crippen LogP) is 1.84. The lowest BCUT2D eigenvalue weighted by Crippen LogP contribution is -2.53. The lowest BCUT2D eigenvalue weighted by Gasteiger charge is -2.50. The molecular weight excluding hydrogens is 214 g/mol.